The van der Waals surface area contributed by atoms with Crippen LogP contribution in [0.15, 0.2) is 12.2 Å². The van der Waals surface area contributed by atoms with Crippen molar-refractivity contribution in [1.29, 1.82) is 0 Å². The van der Waals surface area contributed by atoms with Crippen LogP contribution in [0.5, 0.6) is 0 Å². The molecule has 0 nitrogen and oxygen atoms in total. The molecule has 0 aliphatic heterocycles. The average molecular weight is 246 g/mol. The summed E-state index contributed by atoms with van der Waals surface area (Å²) in [6, 6.07) is 0. The Bertz CT molecular complexity index is 70.1. The predicted octanol–water partition coefficient (Wildman–Crippen LogP) is 0.790. The molecular weight excluding hydrogens is 241 g/mol. The van der Waals surface area contributed by atoms with Crippen molar-refractivity contribution in [3.05, 3.63) is 12.2 Å². The Labute approximate surface area is 62.1 Å². The van der Waals surface area contributed by atoms with Gasteiger partial charge in [-0.1, -0.05) is 0 Å². The second kappa shape index (κ2) is 6.94. The van der Waals surface area contributed by atoms with Crippen LogP contribution in [0.3, 0.4) is 0 Å². The number of hydrogen-bond donors (Lipinski definition) is 0. The van der Waals surface area contributed by atoms with Gasteiger partial charge in [-0.15, -0.1) is 0 Å². The molecule has 0 fully saturated rings. The van der Waals surface area contributed by atoms with E-state index in [9.17, 15) is 0 Å². The zero-order valence-electron chi connectivity index (χ0n) is 3.63. The maximum atomic E-state index is 5.42. The Hall–Kier alpha value is 0.939. The standard InChI is InChI=1S/C4H5ClSe2/c5-7-4-2-1-3-6/h1-3H,4H2/b2-1+. The van der Waals surface area contributed by atoms with Gasteiger partial charge < -0.3 is 0 Å². The van der Waals surface area contributed by atoms with Gasteiger partial charge in [0.1, 0.15) is 0 Å². The molecule has 0 aliphatic carbocycles. The zero-order valence-corrected chi connectivity index (χ0v) is 7.82. The number of hydrogen-bond acceptors (Lipinski definition) is 0. The first-order chi connectivity index (χ1) is 3.41. The second-order valence-corrected chi connectivity index (χ2v) is 3.70. The fraction of sp³-hybridized carbons (Fsp3) is 0.250. The molecule has 40 valence electrons. The summed E-state index contributed by atoms with van der Waals surface area (Å²) < 4.78 is 0. The van der Waals surface area contributed by atoms with Gasteiger partial charge in [-0.05, 0) is 0 Å². The van der Waals surface area contributed by atoms with E-state index in [1.807, 2.05) is 17.1 Å². The first kappa shape index (κ1) is 7.94. The van der Waals surface area contributed by atoms with Crippen molar-refractivity contribution >= 4 is 44.6 Å². The van der Waals surface area contributed by atoms with Crippen molar-refractivity contribution in [3.63, 3.8) is 0 Å². The van der Waals surface area contributed by atoms with Crippen LogP contribution >= 0.6 is 10.1 Å². The molecule has 0 amide bonds. The van der Waals surface area contributed by atoms with Gasteiger partial charge >= 0.3 is 62.1 Å². The van der Waals surface area contributed by atoms with Gasteiger partial charge in [-0.2, -0.15) is 0 Å². The summed E-state index contributed by atoms with van der Waals surface area (Å²) in [5.41, 5.74) is 0. The van der Waals surface area contributed by atoms with Gasteiger partial charge in [0.15, 0.2) is 0 Å². The van der Waals surface area contributed by atoms with Crippen LogP contribution in [0.1, 0.15) is 0 Å². The topological polar surface area (TPSA) is 0 Å². The molecule has 0 heterocycles. The van der Waals surface area contributed by atoms with Crippen LogP contribution in [0, 0.1) is 0 Å². The summed E-state index contributed by atoms with van der Waals surface area (Å²) in [5, 5.41) is 1.02. The predicted molar refractivity (Wildman–Crippen MR) is 37.4 cm³/mol. The van der Waals surface area contributed by atoms with Crippen LogP contribution in [-0.2, 0) is 0 Å². The summed E-state index contributed by atoms with van der Waals surface area (Å²) in [5.74, 6) is 0. The Morgan fingerprint density at radius 3 is 2.86 bits per heavy atom. The summed E-state index contributed by atoms with van der Waals surface area (Å²) in [6.07, 6.45) is 4.01. The van der Waals surface area contributed by atoms with E-state index in [1.54, 1.807) is 0 Å². The number of halogens is 1. The van der Waals surface area contributed by atoms with E-state index in [1.165, 1.54) is 0 Å². The molecule has 0 rings (SSSR count). The Morgan fingerprint density at radius 2 is 2.43 bits per heavy atom. The van der Waals surface area contributed by atoms with E-state index in [-0.39, 0.29) is 14.0 Å². The molecule has 0 saturated carbocycles. The van der Waals surface area contributed by atoms with E-state index >= 15 is 0 Å². The summed E-state index contributed by atoms with van der Waals surface area (Å²) in [4.78, 5) is 1.88. The SMILES string of the molecule is Cl[Se]C/C=C/C=[Se]. The van der Waals surface area contributed by atoms with E-state index in [0.717, 1.165) is 5.32 Å². The summed E-state index contributed by atoms with van der Waals surface area (Å²) in [7, 11) is 5.42. The normalized spacial score (nSPS) is 9.86. The molecule has 0 aliphatic rings. The van der Waals surface area contributed by atoms with Crippen LogP contribution in [-0.4, -0.2) is 34.5 Å². The fourth-order valence-corrected chi connectivity index (χ4v) is 1.14. The van der Waals surface area contributed by atoms with Crippen molar-refractivity contribution in [3.8, 4) is 0 Å². The third-order valence-corrected chi connectivity index (χ3v) is 2.03. The molecule has 0 radical (unpaired) electrons. The number of allylic oxidation sites excluding steroid dienone is 2. The minimum atomic E-state index is 0.277. The van der Waals surface area contributed by atoms with E-state index in [2.05, 4.69) is 15.6 Å². The third-order valence-electron chi connectivity index (χ3n) is 0.374. The van der Waals surface area contributed by atoms with Crippen molar-refractivity contribution in [2.24, 2.45) is 0 Å². The van der Waals surface area contributed by atoms with E-state index in [4.69, 9.17) is 10.1 Å². The monoisotopic (exact) mass is 248 g/mol. The van der Waals surface area contributed by atoms with Crippen LogP contribution in [0.25, 0.3) is 0 Å². The summed E-state index contributed by atoms with van der Waals surface area (Å²) in [6.45, 7) is 0. The molecule has 0 unspecified atom stereocenters. The van der Waals surface area contributed by atoms with Crippen molar-refractivity contribution < 1.29 is 0 Å². The molecule has 0 bridgehead atoms. The van der Waals surface area contributed by atoms with Gasteiger partial charge in [0.2, 0.25) is 0 Å². The van der Waals surface area contributed by atoms with Gasteiger partial charge in [-0.25, -0.2) is 0 Å². The van der Waals surface area contributed by atoms with Crippen molar-refractivity contribution in [1.82, 2.24) is 0 Å². The van der Waals surface area contributed by atoms with Crippen molar-refractivity contribution in [2.45, 2.75) is 5.32 Å². The molecule has 0 N–H and O–H groups in total. The molecule has 0 atom stereocenters. The molecule has 0 aromatic rings. The first-order valence-electron chi connectivity index (χ1n) is 1.75. The molecular formula is C4H5ClSe2. The summed E-state index contributed by atoms with van der Waals surface area (Å²) >= 11 is 3.03. The van der Waals surface area contributed by atoms with Crippen molar-refractivity contribution in [2.75, 3.05) is 0 Å². The minimum absolute atomic E-state index is 0.277. The fourth-order valence-electron chi connectivity index (χ4n) is 0.147. The van der Waals surface area contributed by atoms with E-state index in [0.29, 0.717) is 0 Å². The number of rotatable bonds is 3. The average Bonchev–Trinajstić information content (AvgIpc) is 1.69. The molecule has 0 saturated heterocycles. The molecule has 0 spiro atoms. The Morgan fingerprint density at radius 1 is 1.71 bits per heavy atom. The Balaban J connectivity index is 2.92. The van der Waals surface area contributed by atoms with Gasteiger partial charge in [0, 0.05) is 0 Å². The third kappa shape index (κ3) is 6.94. The quantitative estimate of drug-likeness (QED) is 0.646. The van der Waals surface area contributed by atoms with Gasteiger partial charge in [0.25, 0.3) is 0 Å². The van der Waals surface area contributed by atoms with Crippen LogP contribution in [0.4, 0.5) is 0 Å². The molecule has 3 heteroatoms. The zero-order chi connectivity index (χ0) is 5.54. The Kier molecular flexibility index (Phi) is 7.87. The van der Waals surface area contributed by atoms with Crippen LogP contribution in [0.2, 0.25) is 5.32 Å². The molecule has 7 heavy (non-hydrogen) atoms. The first-order valence-corrected chi connectivity index (χ1v) is 6.21. The van der Waals surface area contributed by atoms with E-state index < -0.39 is 0 Å². The van der Waals surface area contributed by atoms with Gasteiger partial charge in [0.05, 0.1) is 0 Å². The second-order valence-electron chi connectivity index (χ2n) is 0.840. The maximum absolute atomic E-state index is 5.42. The molecule has 0 aromatic heterocycles. The van der Waals surface area contributed by atoms with Gasteiger partial charge in [-0.3, -0.25) is 0 Å². The molecule has 0 aromatic carbocycles. The van der Waals surface area contributed by atoms with Crippen LogP contribution < -0.4 is 0 Å².